The van der Waals surface area contributed by atoms with Gasteiger partial charge in [0.05, 0.1) is 0 Å². The first-order valence-corrected chi connectivity index (χ1v) is 3.72. The SMILES string of the molecule is CC/C(=C\C=C(C)C)NC. The van der Waals surface area contributed by atoms with Crippen molar-refractivity contribution in [3.63, 3.8) is 0 Å². The number of nitrogens with one attached hydrogen (secondary N) is 1. The molecule has 1 heteroatoms. The summed E-state index contributed by atoms with van der Waals surface area (Å²) in [4.78, 5) is 0. The van der Waals surface area contributed by atoms with Crippen LogP contribution in [0.1, 0.15) is 27.2 Å². The summed E-state index contributed by atoms with van der Waals surface area (Å²) in [7, 11) is 1.95. The number of rotatable bonds is 3. The molecule has 0 fully saturated rings. The van der Waals surface area contributed by atoms with E-state index in [9.17, 15) is 0 Å². The van der Waals surface area contributed by atoms with E-state index in [1.165, 1.54) is 11.3 Å². The van der Waals surface area contributed by atoms with Gasteiger partial charge in [0.1, 0.15) is 0 Å². The average Bonchev–Trinajstić information content (AvgIpc) is 1.90. The molecule has 0 aliphatic heterocycles. The highest BCUT2D eigenvalue weighted by Crippen LogP contribution is 1.97. The molecule has 0 heterocycles. The highest BCUT2D eigenvalue weighted by Gasteiger charge is 1.83. The van der Waals surface area contributed by atoms with Crippen LogP contribution in [0.2, 0.25) is 0 Å². The first kappa shape index (κ1) is 9.28. The number of hydrogen-bond acceptors (Lipinski definition) is 1. The summed E-state index contributed by atoms with van der Waals surface area (Å²) in [6, 6.07) is 0. The Hall–Kier alpha value is -0.720. The molecule has 0 rings (SSSR count). The van der Waals surface area contributed by atoms with Gasteiger partial charge in [-0.25, -0.2) is 0 Å². The molecule has 0 amide bonds. The van der Waals surface area contributed by atoms with Crippen LogP contribution < -0.4 is 5.32 Å². The van der Waals surface area contributed by atoms with E-state index in [0.717, 1.165) is 6.42 Å². The second-order valence-electron chi connectivity index (χ2n) is 2.54. The van der Waals surface area contributed by atoms with Gasteiger partial charge in [-0.15, -0.1) is 0 Å². The maximum Gasteiger partial charge on any atom is 0.0101 e. The third-order valence-corrected chi connectivity index (χ3v) is 1.32. The lowest BCUT2D eigenvalue weighted by Crippen LogP contribution is -2.03. The van der Waals surface area contributed by atoms with Crippen LogP contribution in [0.15, 0.2) is 23.4 Å². The zero-order valence-corrected chi connectivity index (χ0v) is 7.36. The van der Waals surface area contributed by atoms with Crippen molar-refractivity contribution in [2.45, 2.75) is 27.2 Å². The van der Waals surface area contributed by atoms with E-state index < -0.39 is 0 Å². The van der Waals surface area contributed by atoms with Crippen LogP contribution in [-0.2, 0) is 0 Å². The van der Waals surface area contributed by atoms with Gasteiger partial charge in [0.2, 0.25) is 0 Å². The molecule has 0 bridgehead atoms. The van der Waals surface area contributed by atoms with Crippen LogP contribution in [0.4, 0.5) is 0 Å². The fraction of sp³-hybridized carbons (Fsp3) is 0.556. The summed E-state index contributed by atoms with van der Waals surface area (Å²) < 4.78 is 0. The van der Waals surface area contributed by atoms with Crippen LogP contribution >= 0.6 is 0 Å². The largest absolute Gasteiger partial charge is 0.391 e. The van der Waals surface area contributed by atoms with Gasteiger partial charge in [-0.2, -0.15) is 0 Å². The summed E-state index contributed by atoms with van der Waals surface area (Å²) in [5.41, 5.74) is 2.61. The third kappa shape index (κ3) is 4.19. The van der Waals surface area contributed by atoms with Gasteiger partial charge in [0, 0.05) is 12.7 Å². The van der Waals surface area contributed by atoms with Gasteiger partial charge in [-0.1, -0.05) is 18.6 Å². The Balaban J connectivity index is 3.99. The smallest absolute Gasteiger partial charge is 0.0101 e. The van der Waals surface area contributed by atoms with Gasteiger partial charge >= 0.3 is 0 Å². The Bertz CT molecular complexity index is 133. The molecule has 0 atom stereocenters. The van der Waals surface area contributed by atoms with Gasteiger partial charge in [-0.3, -0.25) is 0 Å². The molecule has 10 heavy (non-hydrogen) atoms. The zero-order chi connectivity index (χ0) is 7.98. The summed E-state index contributed by atoms with van der Waals surface area (Å²) in [5.74, 6) is 0. The monoisotopic (exact) mass is 139 g/mol. The van der Waals surface area contributed by atoms with E-state index in [2.05, 4.69) is 38.2 Å². The second kappa shape index (κ2) is 5.10. The Morgan fingerprint density at radius 1 is 1.30 bits per heavy atom. The van der Waals surface area contributed by atoms with Crippen LogP contribution in [0, 0.1) is 0 Å². The Morgan fingerprint density at radius 3 is 2.20 bits per heavy atom. The highest BCUT2D eigenvalue weighted by molar-refractivity contribution is 5.13. The minimum atomic E-state index is 1.07. The summed E-state index contributed by atoms with van der Waals surface area (Å²) >= 11 is 0. The molecule has 1 nitrogen and oxygen atoms in total. The molecular weight excluding hydrogens is 122 g/mol. The van der Waals surface area contributed by atoms with Crippen LogP contribution in [-0.4, -0.2) is 7.05 Å². The molecule has 0 aromatic rings. The molecule has 0 saturated heterocycles. The molecule has 0 saturated carbocycles. The first-order valence-electron chi connectivity index (χ1n) is 3.72. The predicted octanol–water partition coefficient (Wildman–Crippen LogP) is 2.47. The van der Waals surface area contributed by atoms with Gasteiger partial charge < -0.3 is 5.32 Å². The summed E-state index contributed by atoms with van der Waals surface area (Å²) in [5, 5.41) is 3.12. The van der Waals surface area contributed by atoms with Crippen molar-refractivity contribution in [1.82, 2.24) is 5.32 Å². The minimum absolute atomic E-state index is 1.07. The normalized spacial score (nSPS) is 11.0. The summed E-state index contributed by atoms with van der Waals surface area (Å²) in [6.07, 6.45) is 5.31. The lowest BCUT2D eigenvalue weighted by atomic mass is 10.2. The molecule has 0 radical (unpaired) electrons. The lowest BCUT2D eigenvalue weighted by Gasteiger charge is -1.99. The van der Waals surface area contributed by atoms with Crippen molar-refractivity contribution < 1.29 is 0 Å². The molecular formula is C9H17N. The van der Waals surface area contributed by atoms with Crippen molar-refractivity contribution >= 4 is 0 Å². The minimum Gasteiger partial charge on any atom is -0.391 e. The molecule has 58 valence electrons. The molecule has 0 aliphatic rings. The molecule has 0 unspecified atom stereocenters. The van der Waals surface area contributed by atoms with E-state index >= 15 is 0 Å². The standard InChI is InChI=1S/C9H17N/c1-5-9(10-4)7-6-8(2)3/h6-7,10H,5H2,1-4H3/b9-7+. The number of hydrogen-bond donors (Lipinski definition) is 1. The van der Waals surface area contributed by atoms with E-state index in [1.807, 2.05) is 7.05 Å². The van der Waals surface area contributed by atoms with E-state index in [-0.39, 0.29) is 0 Å². The fourth-order valence-corrected chi connectivity index (χ4v) is 0.645. The van der Waals surface area contributed by atoms with Crippen LogP contribution in [0.25, 0.3) is 0 Å². The second-order valence-corrected chi connectivity index (χ2v) is 2.54. The third-order valence-electron chi connectivity index (χ3n) is 1.32. The maximum absolute atomic E-state index is 3.12. The Labute approximate surface area is 63.8 Å². The highest BCUT2D eigenvalue weighted by atomic mass is 14.8. The van der Waals surface area contributed by atoms with E-state index in [0.29, 0.717) is 0 Å². The Morgan fingerprint density at radius 2 is 1.90 bits per heavy atom. The van der Waals surface area contributed by atoms with Gasteiger partial charge in [0.15, 0.2) is 0 Å². The first-order chi connectivity index (χ1) is 4.70. The van der Waals surface area contributed by atoms with Gasteiger partial charge in [0.25, 0.3) is 0 Å². The van der Waals surface area contributed by atoms with Crippen molar-refractivity contribution in [2.24, 2.45) is 0 Å². The molecule has 0 aromatic carbocycles. The van der Waals surface area contributed by atoms with Crippen molar-refractivity contribution in [3.8, 4) is 0 Å². The van der Waals surface area contributed by atoms with Gasteiger partial charge in [-0.05, 0) is 26.3 Å². The fourth-order valence-electron chi connectivity index (χ4n) is 0.645. The average molecular weight is 139 g/mol. The van der Waals surface area contributed by atoms with E-state index in [1.54, 1.807) is 0 Å². The Kier molecular flexibility index (Phi) is 4.73. The molecule has 0 aromatic heterocycles. The van der Waals surface area contributed by atoms with Crippen LogP contribution in [0.3, 0.4) is 0 Å². The van der Waals surface area contributed by atoms with Crippen molar-refractivity contribution in [2.75, 3.05) is 7.05 Å². The van der Waals surface area contributed by atoms with Crippen LogP contribution in [0.5, 0.6) is 0 Å². The zero-order valence-electron chi connectivity index (χ0n) is 7.36. The molecule has 0 spiro atoms. The maximum atomic E-state index is 3.12. The molecule has 0 aliphatic carbocycles. The number of allylic oxidation sites excluding steroid dienone is 4. The quantitative estimate of drug-likeness (QED) is 0.592. The summed E-state index contributed by atoms with van der Waals surface area (Å²) in [6.45, 7) is 6.33. The topological polar surface area (TPSA) is 12.0 Å². The molecule has 1 N–H and O–H groups in total. The lowest BCUT2D eigenvalue weighted by molar-refractivity contribution is 0.900. The predicted molar refractivity (Wildman–Crippen MR) is 46.9 cm³/mol. The van der Waals surface area contributed by atoms with Crippen molar-refractivity contribution in [1.29, 1.82) is 0 Å². The van der Waals surface area contributed by atoms with E-state index in [4.69, 9.17) is 0 Å². The van der Waals surface area contributed by atoms with Crippen molar-refractivity contribution in [3.05, 3.63) is 23.4 Å².